The third kappa shape index (κ3) is 11.4. The molecule has 0 fully saturated rings. The van der Waals surface area contributed by atoms with Gasteiger partial charge in [0.2, 0.25) is 0 Å². The van der Waals surface area contributed by atoms with Crippen LogP contribution >= 0.6 is 0 Å². The molecule has 2 radical (unpaired) electrons. The Labute approximate surface area is 393 Å². The van der Waals surface area contributed by atoms with Crippen LogP contribution in [0, 0.1) is 49.7 Å². The van der Waals surface area contributed by atoms with Crippen molar-refractivity contribution in [3.8, 4) is 0 Å². The van der Waals surface area contributed by atoms with E-state index in [0.717, 1.165) is 32.1 Å². The summed E-state index contributed by atoms with van der Waals surface area (Å²) in [5.41, 5.74) is 9.42. The number of allylic oxidation sites excluding steroid dienone is 2. The lowest BCUT2D eigenvalue weighted by Gasteiger charge is -2.60. The fraction of sp³-hybridized carbons (Fsp3) is 0.677. The number of rotatable bonds is 23. The maximum absolute atomic E-state index is 8.05. The summed E-state index contributed by atoms with van der Waals surface area (Å²) in [5, 5.41) is -0.442. The Morgan fingerprint density at radius 2 is 1.10 bits per heavy atom. The zero-order chi connectivity index (χ0) is 47.6. The molecule has 0 nitrogen and oxygen atoms in total. The minimum atomic E-state index is -0.442. The van der Waals surface area contributed by atoms with Gasteiger partial charge in [-0.05, 0) is 147 Å². The van der Waals surface area contributed by atoms with Crippen LogP contribution in [0.15, 0.2) is 90.5 Å². The molecule has 0 N–H and O–H groups in total. The summed E-state index contributed by atoms with van der Waals surface area (Å²) in [6.45, 7) is 49.9. The highest BCUT2D eigenvalue weighted by atomic mass is 14.6. The first-order chi connectivity index (χ1) is 28.9. The zero-order valence-corrected chi connectivity index (χ0v) is 44.9. The first kappa shape index (κ1) is 53.1. The van der Waals surface area contributed by atoms with Crippen LogP contribution in [0.1, 0.15) is 229 Å². The maximum Gasteiger partial charge on any atom is 0.0757 e. The predicted molar refractivity (Wildman–Crippen MR) is 281 cm³/mol. The van der Waals surface area contributed by atoms with Crippen LogP contribution in [-0.2, 0) is 12.8 Å². The van der Waals surface area contributed by atoms with Gasteiger partial charge in [0, 0.05) is 0 Å². The van der Waals surface area contributed by atoms with E-state index in [4.69, 9.17) is 7.85 Å². The second-order valence-electron chi connectivity index (χ2n) is 25.9. The van der Waals surface area contributed by atoms with E-state index in [0.29, 0.717) is 35.0 Å². The topological polar surface area (TPSA) is 0 Å². The monoisotopic (exact) mass is 853 g/mol. The maximum atomic E-state index is 8.05. The van der Waals surface area contributed by atoms with E-state index in [1.54, 1.807) is 5.56 Å². The molecule has 0 bridgehead atoms. The summed E-state index contributed by atoms with van der Waals surface area (Å²) in [6, 6.07) is 30.1. The number of benzene rings is 3. The molecule has 3 aromatic carbocycles. The van der Waals surface area contributed by atoms with Gasteiger partial charge in [-0.25, -0.2) is 0 Å². The molecule has 1 aliphatic carbocycles. The highest BCUT2D eigenvalue weighted by Gasteiger charge is 2.55. The SMILES string of the molecule is [B]C(C)(C(C)(CC)CC(c1ccccc1)C(C)C)C(C)(C)C(CC(C)(C)C(C)(C)C/C=C(/C)CC(C)(C)C(C)(C)C(C)C(CC(C)(C)CC)c1ccccc1)c1ccc2c(c1)CC2. The first-order valence-corrected chi connectivity index (χ1v) is 25.6. The van der Waals surface area contributed by atoms with Crippen molar-refractivity contribution in [1.82, 2.24) is 0 Å². The van der Waals surface area contributed by atoms with Crippen molar-refractivity contribution in [2.75, 3.05) is 0 Å². The Bertz CT molecular complexity index is 1930. The molecule has 4 rings (SSSR count). The number of fused-ring (bicyclic) bond motifs is 1. The lowest BCUT2D eigenvalue weighted by molar-refractivity contribution is 0.0132. The van der Waals surface area contributed by atoms with Gasteiger partial charge in [-0.15, -0.1) is 0 Å². The molecule has 3 aromatic rings. The molecule has 6 unspecified atom stereocenters. The zero-order valence-electron chi connectivity index (χ0n) is 44.9. The second kappa shape index (κ2) is 19.7. The second-order valence-corrected chi connectivity index (χ2v) is 25.9. The number of hydrogen-bond donors (Lipinski definition) is 0. The standard InChI is InChI=1S/C62H97B/c1-21-55(7,8)41-53(49-31-27-24-28-32-49)46(6)59(15,16)58(13,14)40-45(5)37-38-56(9,10)57(11,12)43-54(51-36-34-47-33-35-50(47)39-51)60(17,18)62(20,63)61(19,22-2)42-52(44(3)4)48-29-25-23-26-30-48/h23-32,34,36-37,39,44,46,52-54H,21-22,33,35,38,40-43H2,1-20H3/b45-37-. The summed E-state index contributed by atoms with van der Waals surface area (Å²) in [5.74, 6) is 2.32. The van der Waals surface area contributed by atoms with E-state index in [-0.39, 0.29) is 32.5 Å². The van der Waals surface area contributed by atoms with E-state index < -0.39 is 5.31 Å². The summed E-state index contributed by atoms with van der Waals surface area (Å²) < 4.78 is 0. The Balaban J connectivity index is 1.64. The summed E-state index contributed by atoms with van der Waals surface area (Å²) in [4.78, 5) is 0. The van der Waals surface area contributed by atoms with Crippen molar-refractivity contribution in [1.29, 1.82) is 0 Å². The third-order valence-electron chi connectivity index (χ3n) is 19.9. The molecule has 348 valence electrons. The fourth-order valence-electron chi connectivity index (χ4n) is 11.6. The van der Waals surface area contributed by atoms with Crippen LogP contribution in [0.4, 0.5) is 0 Å². The van der Waals surface area contributed by atoms with Crippen molar-refractivity contribution >= 4 is 7.85 Å². The predicted octanol–water partition coefficient (Wildman–Crippen LogP) is 19.0. The van der Waals surface area contributed by atoms with Gasteiger partial charge in [-0.1, -0.05) is 240 Å². The van der Waals surface area contributed by atoms with Crippen LogP contribution in [0.25, 0.3) is 0 Å². The van der Waals surface area contributed by atoms with Crippen LogP contribution in [-0.4, -0.2) is 7.85 Å². The van der Waals surface area contributed by atoms with E-state index in [2.05, 4.69) is 223 Å². The molecule has 0 heterocycles. The Morgan fingerprint density at radius 3 is 1.56 bits per heavy atom. The van der Waals surface area contributed by atoms with Crippen LogP contribution < -0.4 is 0 Å². The van der Waals surface area contributed by atoms with Crippen molar-refractivity contribution in [3.63, 3.8) is 0 Å². The van der Waals surface area contributed by atoms with Crippen molar-refractivity contribution < 1.29 is 0 Å². The van der Waals surface area contributed by atoms with Crippen molar-refractivity contribution in [2.45, 2.75) is 219 Å². The van der Waals surface area contributed by atoms with E-state index >= 15 is 0 Å². The molecule has 0 aromatic heterocycles. The molecule has 1 aliphatic rings. The average Bonchev–Trinajstić information content (AvgIpc) is 3.20. The van der Waals surface area contributed by atoms with Crippen LogP contribution in [0.3, 0.4) is 0 Å². The molecule has 63 heavy (non-hydrogen) atoms. The molecular weight excluding hydrogens is 755 g/mol. The van der Waals surface area contributed by atoms with E-state index in [1.165, 1.54) is 53.5 Å². The van der Waals surface area contributed by atoms with Crippen LogP contribution in [0.5, 0.6) is 0 Å². The van der Waals surface area contributed by atoms with Gasteiger partial charge in [0.15, 0.2) is 0 Å². The van der Waals surface area contributed by atoms with Gasteiger partial charge < -0.3 is 0 Å². The normalized spacial score (nSPS) is 18.5. The Morgan fingerprint density at radius 1 is 0.571 bits per heavy atom. The van der Waals surface area contributed by atoms with Gasteiger partial charge in [0.05, 0.1) is 7.85 Å². The van der Waals surface area contributed by atoms with Crippen LogP contribution in [0.2, 0.25) is 5.31 Å². The fourth-order valence-corrected chi connectivity index (χ4v) is 11.6. The molecule has 1 heteroatoms. The largest absolute Gasteiger partial charge is 0.0850 e. The van der Waals surface area contributed by atoms with Crippen molar-refractivity contribution in [3.05, 3.63) is 118 Å². The first-order valence-electron chi connectivity index (χ1n) is 25.6. The Hall–Kier alpha value is -2.54. The van der Waals surface area contributed by atoms with Gasteiger partial charge in [-0.3, -0.25) is 0 Å². The smallest absolute Gasteiger partial charge is 0.0757 e. The molecule has 0 amide bonds. The van der Waals surface area contributed by atoms with Gasteiger partial charge in [0.25, 0.3) is 0 Å². The third-order valence-corrected chi connectivity index (χ3v) is 19.9. The summed E-state index contributed by atoms with van der Waals surface area (Å²) in [6.07, 6.45) is 12.8. The lowest BCUT2D eigenvalue weighted by atomic mass is 9.38. The van der Waals surface area contributed by atoms with Gasteiger partial charge in [-0.2, -0.15) is 0 Å². The molecule has 6 atom stereocenters. The molecular formula is C62H97B. The van der Waals surface area contributed by atoms with Gasteiger partial charge >= 0.3 is 0 Å². The average molecular weight is 853 g/mol. The lowest BCUT2D eigenvalue weighted by Crippen LogP contribution is -2.48. The summed E-state index contributed by atoms with van der Waals surface area (Å²) in [7, 11) is 8.05. The molecule has 0 saturated heterocycles. The minimum absolute atomic E-state index is 0.0379. The quantitative estimate of drug-likeness (QED) is 0.0659. The number of hydrogen-bond acceptors (Lipinski definition) is 0. The molecule has 0 spiro atoms. The van der Waals surface area contributed by atoms with Gasteiger partial charge in [0.1, 0.15) is 0 Å². The minimum Gasteiger partial charge on any atom is -0.0850 e. The summed E-state index contributed by atoms with van der Waals surface area (Å²) >= 11 is 0. The number of aryl methyl sites for hydroxylation is 2. The van der Waals surface area contributed by atoms with E-state index in [1.807, 2.05) is 0 Å². The van der Waals surface area contributed by atoms with E-state index in [9.17, 15) is 0 Å². The molecule has 0 saturated carbocycles. The van der Waals surface area contributed by atoms with Crippen molar-refractivity contribution in [2.24, 2.45) is 49.7 Å². The highest BCUT2D eigenvalue weighted by molar-refractivity contribution is 6.16. The molecule has 0 aliphatic heterocycles. The highest BCUT2D eigenvalue weighted by Crippen LogP contribution is 2.67. The Kier molecular flexibility index (Phi) is 16.6.